The van der Waals surface area contributed by atoms with Crippen LogP contribution in [0, 0.1) is 5.41 Å². The summed E-state index contributed by atoms with van der Waals surface area (Å²) in [6.07, 6.45) is 6.42. The number of amides is 1. The molecule has 0 bridgehead atoms. The molecular weight excluding hydrogens is 256 g/mol. The fraction of sp³-hybridized carbons (Fsp3) is 0.385. The van der Waals surface area contributed by atoms with Crippen molar-refractivity contribution < 1.29 is 4.79 Å². The first-order valence-electron chi connectivity index (χ1n) is 6.26. The van der Waals surface area contributed by atoms with Crippen molar-refractivity contribution in [2.24, 2.45) is 11.1 Å². The highest BCUT2D eigenvalue weighted by Crippen LogP contribution is 2.19. The standard InChI is InChI=1S/C13H18N6O/c1-13(2,3)10(14)11(20)18-9-7-17-19(8-9)12-15-5-4-6-16-12/h4-8,10H,14H2,1-3H3,(H,18,20)/t10-/m1/s1. The minimum absolute atomic E-state index is 0.244. The summed E-state index contributed by atoms with van der Waals surface area (Å²) in [5.74, 6) is 0.194. The summed E-state index contributed by atoms with van der Waals surface area (Å²) >= 11 is 0. The first kappa shape index (κ1) is 14.1. The molecule has 20 heavy (non-hydrogen) atoms. The second-order valence-corrected chi connectivity index (χ2v) is 5.56. The Labute approximate surface area is 117 Å². The van der Waals surface area contributed by atoms with Crippen LogP contribution in [0.3, 0.4) is 0 Å². The number of hydrogen-bond donors (Lipinski definition) is 2. The van der Waals surface area contributed by atoms with Gasteiger partial charge in [-0.1, -0.05) is 20.8 Å². The smallest absolute Gasteiger partial charge is 0.250 e. The summed E-state index contributed by atoms with van der Waals surface area (Å²) in [6, 6.07) is 1.12. The van der Waals surface area contributed by atoms with Gasteiger partial charge in [0, 0.05) is 12.4 Å². The minimum Gasteiger partial charge on any atom is -0.322 e. The van der Waals surface area contributed by atoms with Gasteiger partial charge in [0.1, 0.15) is 0 Å². The van der Waals surface area contributed by atoms with E-state index in [0.717, 1.165) is 0 Å². The lowest BCUT2D eigenvalue weighted by molar-refractivity contribution is -0.119. The molecule has 0 aliphatic heterocycles. The molecule has 3 N–H and O–H groups in total. The molecule has 0 spiro atoms. The monoisotopic (exact) mass is 274 g/mol. The largest absolute Gasteiger partial charge is 0.322 e. The summed E-state index contributed by atoms with van der Waals surface area (Å²) in [5.41, 5.74) is 6.15. The molecule has 0 saturated carbocycles. The number of carbonyl (C=O) groups excluding carboxylic acids is 1. The summed E-state index contributed by atoms with van der Waals surface area (Å²) in [6.45, 7) is 5.75. The maximum absolute atomic E-state index is 12.0. The number of anilines is 1. The van der Waals surface area contributed by atoms with Crippen LogP contribution in [-0.2, 0) is 4.79 Å². The van der Waals surface area contributed by atoms with Gasteiger partial charge in [-0.25, -0.2) is 14.6 Å². The number of carbonyl (C=O) groups is 1. The van der Waals surface area contributed by atoms with Crippen molar-refractivity contribution in [3.8, 4) is 5.95 Å². The number of rotatable bonds is 3. The van der Waals surface area contributed by atoms with Crippen LogP contribution >= 0.6 is 0 Å². The Morgan fingerprint density at radius 2 is 2.00 bits per heavy atom. The molecule has 7 nitrogen and oxygen atoms in total. The van der Waals surface area contributed by atoms with E-state index >= 15 is 0 Å². The van der Waals surface area contributed by atoms with Crippen molar-refractivity contribution in [3.05, 3.63) is 30.9 Å². The predicted octanol–water partition coefficient (Wildman–Crippen LogP) is 0.974. The number of nitrogens with one attached hydrogen (secondary N) is 1. The molecule has 0 saturated heterocycles. The van der Waals surface area contributed by atoms with Gasteiger partial charge in [0.05, 0.1) is 24.1 Å². The quantitative estimate of drug-likeness (QED) is 0.869. The van der Waals surface area contributed by atoms with E-state index in [1.54, 1.807) is 24.7 Å². The van der Waals surface area contributed by atoms with Gasteiger partial charge >= 0.3 is 0 Å². The molecule has 2 heterocycles. The summed E-state index contributed by atoms with van der Waals surface area (Å²) in [5, 5.41) is 6.83. The van der Waals surface area contributed by atoms with E-state index in [9.17, 15) is 4.79 Å². The maximum Gasteiger partial charge on any atom is 0.250 e. The lowest BCUT2D eigenvalue weighted by Crippen LogP contribution is -2.45. The molecule has 0 radical (unpaired) electrons. The average molecular weight is 274 g/mol. The van der Waals surface area contributed by atoms with E-state index in [4.69, 9.17) is 5.73 Å². The molecule has 0 aliphatic rings. The second-order valence-electron chi connectivity index (χ2n) is 5.56. The molecule has 0 fully saturated rings. The van der Waals surface area contributed by atoms with Gasteiger partial charge in [-0.3, -0.25) is 4.79 Å². The van der Waals surface area contributed by atoms with E-state index in [0.29, 0.717) is 11.6 Å². The van der Waals surface area contributed by atoms with Crippen molar-refractivity contribution in [1.82, 2.24) is 19.7 Å². The van der Waals surface area contributed by atoms with Crippen molar-refractivity contribution in [1.29, 1.82) is 0 Å². The van der Waals surface area contributed by atoms with Crippen molar-refractivity contribution in [2.75, 3.05) is 5.32 Å². The van der Waals surface area contributed by atoms with Gasteiger partial charge in [0.25, 0.3) is 0 Å². The van der Waals surface area contributed by atoms with Crippen LogP contribution in [0.15, 0.2) is 30.9 Å². The highest BCUT2D eigenvalue weighted by Gasteiger charge is 2.27. The topological polar surface area (TPSA) is 98.7 Å². The number of nitrogens with zero attached hydrogens (tertiary/aromatic N) is 4. The van der Waals surface area contributed by atoms with E-state index in [-0.39, 0.29) is 11.3 Å². The van der Waals surface area contributed by atoms with Gasteiger partial charge in [-0.15, -0.1) is 0 Å². The van der Waals surface area contributed by atoms with Crippen LogP contribution in [0.1, 0.15) is 20.8 Å². The molecule has 2 rings (SSSR count). The Balaban J connectivity index is 2.09. The van der Waals surface area contributed by atoms with Crippen LogP contribution in [0.2, 0.25) is 0 Å². The van der Waals surface area contributed by atoms with E-state index in [2.05, 4.69) is 20.4 Å². The maximum atomic E-state index is 12.0. The third-order valence-corrected chi connectivity index (χ3v) is 2.82. The molecule has 1 atom stereocenters. The lowest BCUT2D eigenvalue weighted by Gasteiger charge is -2.25. The molecule has 0 aliphatic carbocycles. The fourth-order valence-electron chi connectivity index (χ4n) is 1.52. The third-order valence-electron chi connectivity index (χ3n) is 2.82. The molecular formula is C13H18N6O. The van der Waals surface area contributed by atoms with Crippen molar-refractivity contribution in [3.63, 3.8) is 0 Å². The van der Waals surface area contributed by atoms with Crippen LogP contribution in [0.5, 0.6) is 0 Å². The Kier molecular flexibility index (Phi) is 3.80. The zero-order valence-electron chi connectivity index (χ0n) is 11.7. The van der Waals surface area contributed by atoms with Crippen molar-refractivity contribution >= 4 is 11.6 Å². The Hall–Kier alpha value is -2.28. The predicted molar refractivity (Wildman–Crippen MR) is 75.2 cm³/mol. The number of hydrogen-bond acceptors (Lipinski definition) is 5. The van der Waals surface area contributed by atoms with Crippen molar-refractivity contribution in [2.45, 2.75) is 26.8 Å². The normalized spacial score (nSPS) is 13.0. The zero-order chi connectivity index (χ0) is 14.8. The Morgan fingerprint density at radius 1 is 1.35 bits per heavy atom. The summed E-state index contributed by atoms with van der Waals surface area (Å²) < 4.78 is 1.48. The van der Waals surface area contributed by atoms with Crippen LogP contribution in [0.25, 0.3) is 5.95 Å². The summed E-state index contributed by atoms with van der Waals surface area (Å²) in [7, 11) is 0. The van der Waals surface area contributed by atoms with Crippen LogP contribution in [0.4, 0.5) is 5.69 Å². The average Bonchev–Trinajstić information content (AvgIpc) is 2.86. The van der Waals surface area contributed by atoms with Gasteiger partial charge < -0.3 is 11.1 Å². The fourth-order valence-corrected chi connectivity index (χ4v) is 1.52. The van der Waals surface area contributed by atoms with Crippen LogP contribution in [-0.4, -0.2) is 31.7 Å². The second kappa shape index (κ2) is 5.38. The zero-order valence-corrected chi connectivity index (χ0v) is 11.7. The molecule has 7 heteroatoms. The first-order chi connectivity index (χ1) is 9.38. The molecule has 0 aromatic carbocycles. The van der Waals surface area contributed by atoms with E-state index < -0.39 is 6.04 Å². The highest BCUT2D eigenvalue weighted by molar-refractivity contribution is 5.95. The van der Waals surface area contributed by atoms with Gasteiger partial charge in [0.15, 0.2) is 0 Å². The summed E-state index contributed by atoms with van der Waals surface area (Å²) in [4.78, 5) is 20.1. The number of nitrogens with two attached hydrogens (primary N) is 1. The van der Waals surface area contributed by atoms with E-state index in [1.807, 2.05) is 20.8 Å². The number of aromatic nitrogens is 4. The molecule has 2 aromatic heterocycles. The Bertz CT molecular complexity index is 586. The highest BCUT2D eigenvalue weighted by atomic mass is 16.2. The molecule has 0 unspecified atom stereocenters. The lowest BCUT2D eigenvalue weighted by atomic mass is 9.87. The Morgan fingerprint density at radius 3 is 2.60 bits per heavy atom. The van der Waals surface area contributed by atoms with E-state index in [1.165, 1.54) is 10.9 Å². The third kappa shape index (κ3) is 3.18. The SMILES string of the molecule is CC(C)(C)[C@H](N)C(=O)Nc1cnn(-c2ncccn2)c1. The van der Waals surface area contributed by atoms with Crippen LogP contribution < -0.4 is 11.1 Å². The molecule has 2 aromatic rings. The van der Waals surface area contributed by atoms with Gasteiger partial charge in [0.2, 0.25) is 11.9 Å². The van der Waals surface area contributed by atoms with Gasteiger partial charge in [-0.05, 0) is 11.5 Å². The van der Waals surface area contributed by atoms with Gasteiger partial charge in [-0.2, -0.15) is 5.10 Å². The first-order valence-corrected chi connectivity index (χ1v) is 6.26. The minimum atomic E-state index is -0.598. The molecule has 106 valence electrons. The molecule has 1 amide bonds.